The van der Waals surface area contributed by atoms with Crippen molar-refractivity contribution in [3.63, 3.8) is 0 Å². The van der Waals surface area contributed by atoms with Crippen LogP contribution in [0.3, 0.4) is 0 Å². The fraction of sp³-hybridized carbons (Fsp3) is 0.353. The molecule has 0 aliphatic heterocycles. The van der Waals surface area contributed by atoms with Crippen molar-refractivity contribution in [1.82, 2.24) is 4.57 Å². The summed E-state index contributed by atoms with van der Waals surface area (Å²) < 4.78 is 20.3. The van der Waals surface area contributed by atoms with Crippen molar-refractivity contribution in [2.24, 2.45) is 0 Å². The Kier molecular flexibility index (Phi) is 4.46. The predicted molar refractivity (Wildman–Crippen MR) is 80.5 cm³/mol. The molecule has 0 bridgehead atoms. The maximum Gasteiger partial charge on any atom is 0.202 e. The topological polar surface area (TPSA) is 31.2 Å². The third-order valence-electron chi connectivity index (χ3n) is 3.48. The fourth-order valence-corrected chi connectivity index (χ4v) is 2.61. The van der Waals surface area contributed by atoms with Crippen LogP contribution in [0.1, 0.15) is 41.6 Å². The van der Waals surface area contributed by atoms with Crippen LogP contribution in [0.25, 0.3) is 0 Å². The van der Waals surface area contributed by atoms with Gasteiger partial charge in [-0.15, -0.1) is 0 Å². The van der Waals surface area contributed by atoms with Gasteiger partial charge in [-0.3, -0.25) is 4.79 Å². The molecule has 2 aromatic rings. The summed E-state index contributed by atoms with van der Waals surface area (Å²) in [5.74, 6) is 0.0934. The van der Waals surface area contributed by atoms with E-state index in [9.17, 15) is 9.18 Å². The van der Waals surface area contributed by atoms with E-state index < -0.39 is 0 Å². The van der Waals surface area contributed by atoms with Gasteiger partial charge in [0.05, 0.1) is 0 Å². The van der Waals surface area contributed by atoms with Crippen LogP contribution in [-0.4, -0.2) is 17.0 Å². The maximum absolute atomic E-state index is 12.8. The van der Waals surface area contributed by atoms with E-state index in [1.165, 1.54) is 24.3 Å². The lowest BCUT2D eigenvalue weighted by Crippen LogP contribution is -2.13. The number of rotatable bonds is 5. The van der Waals surface area contributed by atoms with Crippen LogP contribution in [0.4, 0.5) is 4.39 Å². The molecule has 3 nitrogen and oxygen atoms in total. The van der Waals surface area contributed by atoms with Crippen molar-refractivity contribution in [3.05, 3.63) is 53.1 Å². The minimum absolute atomic E-state index is 0.0476. The molecule has 1 aromatic heterocycles. The first-order valence-electron chi connectivity index (χ1n) is 7.00. The second-order valence-electron chi connectivity index (χ2n) is 5.41. The highest BCUT2D eigenvalue weighted by molar-refractivity contribution is 5.98. The van der Waals surface area contributed by atoms with Crippen LogP contribution in [-0.2, 0) is 0 Å². The van der Waals surface area contributed by atoms with Gasteiger partial charge in [0.2, 0.25) is 5.78 Å². The van der Waals surface area contributed by atoms with Crippen molar-refractivity contribution in [2.75, 3.05) is 6.61 Å². The standard InChI is InChI=1S/C17H20FNO2/c1-11(2)19-12(3)9-16(13(19)4)17(20)10-21-15-7-5-14(18)6-8-15/h5-9,11H,10H2,1-4H3. The van der Waals surface area contributed by atoms with Crippen LogP contribution in [0.5, 0.6) is 5.75 Å². The van der Waals surface area contributed by atoms with Crippen molar-refractivity contribution < 1.29 is 13.9 Å². The zero-order chi connectivity index (χ0) is 15.6. The van der Waals surface area contributed by atoms with E-state index in [1.54, 1.807) is 0 Å². The van der Waals surface area contributed by atoms with Crippen molar-refractivity contribution >= 4 is 5.78 Å². The molecule has 0 amide bonds. The minimum atomic E-state index is -0.325. The molecule has 0 aliphatic carbocycles. The molecule has 4 heteroatoms. The van der Waals surface area contributed by atoms with E-state index >= 15 is 0 Å². The summed E-state index contributed by atoms with van der Waals surface area (Å²) in [6.45, 7) is 8.06. The summed E-state index contributed by atoms with van der Waals surface area (Å²) in [5, 5.41) is 0. The lowest BCUT2D eigenvalue weighted by molar-refractivity contribution is 0.0920. The summed E-state index contributed by atoms with van der Waals surface area (Å²) in [4.78, 5) is 12.3. The van der Waals surface area contributed by atoms with E-state index in [0.717, 1.165) is 11.4 Å². The highest BCUT2D eigenvalue weighted by Gasteiger charge is 2.17. The van der Waals surface area contributed by atoms with E-state index in [4.69, 9.17) is 4.74 Å². The normalized spacial score (nSPS) is 11.0. The highest BCUT2D eigenvalue weighted by atomic mass is 19.1. The molecule has 0 spiro atoms. The highest BCUT2D eigenvalue weighted by Crippen LogP contribution is 2.21. The molecule has 1 aromatic carbocycles. The molecule has 0 atom stereocenters. The molecule has 0 saturated carbocycles. The van der Waals surface area contributed by atoms with E-state index in [-0.39, 0.29) is 18.2 Å². The van der Waals surface area contributed by atoms with Crippen LogP contribution in [0.15, 0.2) is 30.3 Å². The van der Waals surface area contributed by atoms with Crippen molar-refractivity contribution in [2.45, 2.75) is 33.7 Å². The predicted octanol–water partition coefficient (Wildman–Crippen LogP) is 4.09. The van der Waals surface area contributed by atoms with Crippen LogP contribution in [0, 0.1) is 19.7 Å². The summed E-state index contributed by atoms with van der Waals surface area (Å²) >= 11 is 0. The Bertz CT molecular complexity index is 642. The molecule has 0 saturated heterocycles. The summed E-state index contributed by atoms with van der Waals surface area (Å²) in [6, 6.07) is 7.85. The smallest absolute Gasteiger partial charge is 0.202 e. The Balaban J connectivity index is 2.10. The van der Waals surface area contributed by atoms with E-state index in [1.807, 2.05) is 19.9 Å². The number of aryl methyl sites for hydroxylation is 1. The van der Waals surface area contributed by atoms with Gasteiger partial charge in [-0.25, -0.2) is 4.39 Å². The number of carbonyl (C=O) groups is 1. The van der Waals surface area contributed by atoms with Crippen LogP contribution < -0.4 is 4.74 Å². The average Bonchev–Trinajstić information content (AvgIpc) is 2.73. The Morgan fingerprint density at radius 2 is 1.86 bits per heavy atom. The lowest BCUT2D eigenvalue weighted by atomic mass is 10.1. The van der Waals surface area contributed by atoms with Crippen LogP contribution in [0.2, 0.25) is 0 Å². The second kappa shape index (κ2) is 6.12. The molecular formula is C17H20FNO2. The SMILES string of the molecule is Cc1cc(C(=O)COc2ccc(F)cc2)c(C)n1C(C)C. The zero-order valence-electron chi connectivity index (χ0n) is 12.8. The second-order valence-corrected chi connectivity index (χ2v) is 5.41. The Morgan fingerprint density at radius 3 is 2.38 bits per heavy atom. The zero-order valence-corrected chi connectivity index (χ0v) is 12.8. The number of hydrogen-bond acceptors (Lipinski definition) is 2. The molecule has 112 valence electrons. The van der Waals surface area contributed by atoms with Gasteiger partial charge >= 0.3 is 0 Å². The number of Topliss-reactive ketones (excluding diaryl/α,β-unsaturated/α-hetero) is 1. The van der Waals surface area contributed by atoms with E-state index in [2.05, 4.69) is 18.4 Å². The van der Waals surface area contributed by atoms with Gasteiger partial charge < -0.3 is 9.30 Å². The Labute approximate surface area is 124 Å². The molecule has 21 heavy (non-hydrogen) atoms. The molecule has 2 rings (SSSR count). The fourth-order valence-electron chi connectivity index (χ4n) is 2.61. The number of halogens is 1. The number of hydrogen-bond donors (Lipinski definition) is 0. The van der Waals surface area contributed by atoms with Gasteiger partial charge in [0.1, 0.15) is 11.6 Å². The summed E-state index contributed by atoms with van der Waals surface area (Å²) in [5.41, 5.74) is 2.70. The van der Waals surface area contributed by atoms with Gasteiger partial charge in [0.25, 0.3) is 0 Å². The van der Waals surface area contributed by atoms with Crippen molar-refractivity contribution in [1.29, 1.82) is 0 Å². The van der Waals surface area contributed by atoms with Gasteiger partial charge in [-0.05, 0) is 58.0 Å². The average molecular weight is 289 g/mol. The van der Waals surface area contributed by atoms with E-state index in [0.29, 0.717) is 17.4 Å². The quantitative estimate of drug-likeness (QED) is 0.776. The van der Waals surface area contributed by atoms with Crippen molar-refractivity contribution in [3.8, 4) is 5.75 Å². The molecule has 1 heterocycles. The molecule has 0 N–H and O–H groups in total. The monoisotopic (exact) mass is 289 g/mol. The number of ketones is 1. The molecule has 0 unspecified atom stereocenters. The third-order valence-corrected chi connectivity index (χ3v) is 3.48. The molecule has 0 radical (unpaired) electrons. The van der Waals surface area contributed by atoms with Gasteiger partial charge in [0.15, 0.2) is 6.61 Å². The number of nitrogens with zero attached hydrogens (tertiary/aromatic N) is 1. The summed E-state index contributed by atoms with van der Waals surface area (Å²) in [7, 11) is 0. The molecule has 0 fully saturated rings. The molecular weight excluding hydrogens is 269 g/mol. The number of aromatic nitrogens is 1. The Hall–Kier alpha value is -2.10. The first kappa shape index (κ1) is 15.3. The van der Waals surface area contributed by atoms with Gasteiger partial charge in [0, 0.05) is 23.0 Å². The van der Waals surface area contributed by atoms with Gasteiger partial charge in [-0.2, -0.15) is 0 Å². The van der Waals surface area contributed by atoms with Gasteiger partial charge in [-0.1, -0.05) is 0 Å². The third kappa shape index (κ3) is 3.32. The summed E-state index contributed by atoms with van der Waals surface area (Å²) in [6.07, 6.45) is 0. The number of ether oxygens (including phenoxy) is 1. The number of carbonyl (C=O) groups excluding carboxylic acids is 1. The minimum Gasteiger partial charge on any atom is -0.485 e. The Morgan fingerprint density at radius 1 is 1.24 bits per heavy atom. The maximum atomic E-state index is 12.8. The lowest BCUT2D eigenvalue weighted by Gasteiger charge is -2.13. The first-order valence-corrected chi connectivity index (χ1v) is 7.00. The molecule has 0 aliphatic rings. The van der Waals surface area contributed by atoms with Crippen LogP contribution >= 0.6 is 0 Å². The largest absolute Gasteiger partial charge is 0.485 e. The number of benzene rings is 1. The first-order chi connectivity index (χ1) is 9.90.